The van der Waals surface area contributed by atoms with Crippen molar-refractivity contribution in [2.75, 3.05) is 0 Å². The molecule has 1 amide bonds. The van der Waals surface area contributed by atoms with Crippen LogP contribution in [0.3, 0.4) is 0 Å². The van der Waals surface area contributed by atoms with E-state index in [2.05, 4.69) is 5.10 Å². The van der Waals surface area contributed by atoms with Gasteiger partial charge in [0.05, 0.1) is 5.92 Å². The van der Waals surface area contributed by atoms with Crippen LogP contribution in [0.2, 0.25) is 0 Å². The van der Waals surface area contributed by atoms with E-state index in [-0.39, 0.29) is 34.0 Å². The maximum atomic E-state index is 14.1. The van der Waals surface area contributed by atoms with Crippen molar-refractivity contribution in [3.8, 4) is 0 Å². The van der Waals surface area contributed by atoms with E-state index in [9.17, 15) is 23.1 Å². The van der Waals surface area contributed by atoms with Crippen LogP contribution < -0.4 is 0 Å². The van der Waals surface area contributed by atoms with Crippen molar-refractivity contribution in [2.24, 2.45) is 22.4 Å². The summed E-state index contributed by atoms with van der Waals surface area (Å²) >= 11 is 0. The smallest absolute Gasteiger partial charge is 0.362 e. The lowest BCUT2D eigenvalue weighted by Crippen LogP contribution is -2.62. The van der Waals surface area contributed by atoms with E-state index < -0.39 is 23.7 Å². The predicted octanol–water partition coefficient (Wildman–Crippen LogP) is 4.91. The molecule has 0 radical (unpaired) electrons. The second kappa shape index (κ2) is 6.87. The van der Waals surface area contributed by atoms with Crippen LogP contribution in [0.25, 0.3) is 0 Å². The summed E-state index contributed by atoms with van der Waals surface area (Å²) in [6.07, 6.45) is -2.97. The van der Waals surface area contributed by atoms with E-state index in [1.807, 2.05) is 20.8 Å². The van der Waals surface area contributed by atoms with Gasteiger partial charge in [-0.1, -0.05) is 44.9 Å². The van der Waals surface area contributed by atoms with Crippen LogP contribution >= 0.6 is 0 Å². The Morgan fingerprint density at radius 1 is 1.36 bits per heavy atom. The van der Waals surface area contributed by atoms with Gasteiger partial charge in [-0.2, -0.15) is 23.3 Å². The molecule has 28 heavy (non-hydrogen) atoms. The van der Waals surface area contributed by atoms with Crippen molar-refractivity contribution in [3.63, 3.8) is 0 Å². The fourth-order valence-electron chi connectivity index (χ4n) is 4.32. The summed E-state index contributed by atoms with van der Waals surface area (Å²) in [5, 5.41) is 15.2. The molecule has 154 valence electrons. The van der Waals surface area contributed by atoms with E-state index in [0.717, 1.165) is 12.0 Å². The summed E-state index contributed by atoms with van der Waals surface area (Å²) in [5.74, 6) is -2.15. The van der Waals surface area contributed by atoms with Gasteiger partial charge in [0.15, 0.2) is 0 Å². The molecule has 0 spiro atoms. The first-order valence-electron chi connectivity index (χ1n) is 9.69. The third-order valence-corrected chi connectivity index (χ3v) is 6.60. The number of carbonyl (C=O) groups excluding carboxylic acids is 1. The van der Waals surface area contributed by atoms with Gasteiger partial charge in [-0.05, 0) is 49.7 Å². The summed E-state index contributed by atoms with van der Waals surface area (Å²) < 4.78 is 42.3. The lowest BCUT2D eigenvalue weighted by molar-refractivity contribution is -0.314. The third-order valence-electron chi connectivity index (χ3n) is 6.60. The molecule has 7 heteroatoms. The summed E-state index contributed by atoms with van der Waals surface area (Å²) in [7, 11) is 0. The number of amides is 1. The minimum Gasteiger partial charge on any atom is -0.362 e. The molecule has 1 fully saturated rings. The Morgan fingerprint density at radius 3 is 2.61 bits per heavy atom. The third kappa shape index (κ3) is 3.23. The lowest BCUT2D eigenvalue weighted by Gasteiger charge is -2.43. The number of alkyl halides is 3. The molecule has 4 nitrogen and oxygen atoms in total. The highest BCUT2D eigenvalue weighted by Gasteiger charge is 2.69. The fraction of sp³-hybridized carbons (Fsp3) is 0.619. The molecule has 0 aromatic heterocycles. The largest absolute Gasteiger partial charge is 0.439 e. The van der Waals surface area contributed by atoms with Gasteiger partial charge in [-0.3, -0.25) is 4.79 Å². The molecular weight excluding hydrogens is 369 g/mol. The first-order valence-corrected chi connectivity index (χ1v) is 9.69. The van der Waals surface area contributed by atoms with Crippen LogP contribution in [-0.2, 0) is 0 Å². The number of aliphatic hydroxyl groups is 1. The van der Waals surface area contributed by atoms with Crippen LogP contribution in [0.15, 0.2) is 29.4 Å². The topological polar surface area (TPSA) is 52.9 Å². The molecule has 3 rings (SSSR count). The van der Waals surface area contributed by atoms with Crippen LogP contribution in [0.4, 0.5) is 13.2 Å². The van der Waals surface area contributed by atoms with Crippen LogP contribution in [0, 0.1) is 24.2 Å². The van der Waals surface area contributed by atoms with E-state index in [1.165, 1.54) is 12.1 Å². The Morgan fingerprint density at radius 2 is 2.04 bits per heavy atom. The van der Waals surface area contributed by atoms with Gasteiger partial charge < -0.3 is 5.11 Å². The van der Waals surface area contributed by atoms with E-state index in [0.29, 0.717) is 12.8 Å². The second-order valence-corrected chi connectivity index (χ2v) is 8.67. The average Bonchev–Trinajstić information content (AvgIpc) is 2.94. The van der Waals surface area contributed by atoms with Gasteiger partial charge >= 0.3 is 6.18 Å². The highest BCUT2D eigenvalue weighted by Crippen LogP contribution is 2.52. The summed E-state index contributed by atoms with van der Waals surface area (Å²) in [4.78, 5) is 12.9. The number of carbonyl (C=O) groups is 1. The Kier molecular flexibility index (Phi) is 5.11. The molecule has 3 atom stereocenters. The molecule has 1 aliphatic carbocycles. The number of aryl methyl sites for hydroxylation is 1. The van der Waals surface area contributed by atoms with Gasteiger partial charge in [0.1, 0.15) is 0 Å². The van der Waals surface area contributed by atoms with Crippen LogP contribution in [-0.4, -0.2) is 33.6 Å². The van der Waals surface area contributed by atoms with Crippen molar-refractivity contribution in [3.05, 3.63) is 35.4 Å². The molecule has 1 aliphatic heterocycles. The maximum Gasteiger partial charge on any atom is 0.439 e. The SMILES string of the molecule is CCC(C)(C)[C@@H]1CCC2=NN(C(=O)c3cccc(C)c3)[C@](O)(C(F)(F)F)[C@H]2C1. The molecule has 2 aliphatic rings. The first kappa shape index (κ1) is 20.8. The minimum absolute atomic E-state index is 0.0179. The Labute approximate surface area is 163 Å². The number of hydrazone groups is 1. The number of fused-ring (bicyclic) bond motifs is 1. The highest BCUT2D eigenvalue weighted by molar-refractivity contribution is 5.99. The van der Waals surface area contributed by atoms with E-state index in [4.69, 9.17) is 0 Å². The van der Waals surface area contributed by atoms with E-state index in [1.54, 1.807) is 19.1 Å². The Bertz CT molecular complexity index is 803. The van der Waals surface area contributed by atoms with Crippen molar-refractivity contribution in [2.45, 2.75) is 65.3 Å². The molecule has 1 N–H and O–H groups in total. The molecule has 1 heterocycles. The van der Waals surface area contributed by atoms with Crippen molar-refractivity contribution in [1.82, 2.24) is 5.01 Å². The van der Waals surface area contributed by atoms with Crippen LogP contribution in [0.1, 0.15) is 62.4 Å². The standard InChI is InChI=1S/C21H27F3N2O2/c1-5-19(3,4)15-9-10-17-16(12-15)20(28,21(22,23)24)26(25-17)18(27)14-8-6-7-13(2)11-14/h6-8,11,15-16,28H,5,9-10,12H2,1-4H3/t15-,16+,20-/m1/s1. The van der Waals surface area contributed by atoms with Crippen molar-refractivity contribution < 1.29 is 23.1 Å². The quantitative estimate of drug-likeness (QED) is 0.789. The molecule has 1 aromatic carbocycles. The van der Waals surface area contributed by atoms with Crippen LogP contribution in [0.5, 0.6) is 0 Å². The number of hydrogen-bond acceptors (Lipinski definition) is 3. The molecular formula is C21H27F3N2O2. The first-order chi connectivity index (χ1) is 12.9. The molecule has 1 saturated carbocycles. The number of hydrogen-bond donors (Lipinski definition) is 1. The summed E-state index contributed by atoms with van der Waals surface area (Å²) in [6.45, 7) is 7.84. The predicted molar refractivity (Wildman–Crippen MR) is 101 cm³/mol. The van der Waals surface area contributed by atoms with Gasteiger partial charge in [0, 0.05) is 11.3 Å². The average molecular weight is 396 g/mol. The second-order valence-electron chi connectivity index (χ2n) is 8.67. The molecule has 0 unspecified atom stereocenters. The monoisotopic (exact) mass is 396 g/mol. The zero-order chi connectivity index (χ0) is 20.9. The maximum absolute atomic E-state index is 14.1. The van der Waals surface area contributed by atoms with Gasteiger partial charge in [0.25, 0.3) is 11.6 Å². The zero-order valence-corrected chi connectivity index (χ0v) is 16.7. The fourth-order valence-corrected chi connectivity index (χ4v) is 4.32. The summed E-state index contributed by atoms with van der Waals surface area (Å²) in [6, 6.07) is 6.30. The number of halogens is 3. The van der Waals surface area contributed by atoms with Crippen molar-refractivity contribution in [1.29, 1.82) is 0 Å². The number of benzene rings is 1. The molecule has 1 aromatic rings. The van der Waals surface area contributed by atoms with E-state index >= 15 is 0 Å². The molecule has 0 bridgehead atoms. The van der Waals surface area contributed by atoms with Crippen molar-refractivity contribution >= 4 is 11.6 Å². The Balaban J connectivity index is 2.01. The number of nitrogens with zero attached hydrogens (tertiary/aromatic N) is 2. The lowest BCUT2D eigenvalue weighted by atomic mass is 9.64. The Hall–Kier alpha value is -1.89. The summed E-state index contributed by atoms with van der Waals surface area (Å²) in [5.41, 5.74) is -2.37. The molecule has 0 saturated heterocycles. The number of rotatable bonds is 3. The highest BCUT2D eigenvalue weighted by atomic mass is 19.4. The van der Waals surface area contributed by atoms with Gasteiger partial charge in [-0.15, -0.1) is 0 Å². The minimum atomic E-state index is -5.01. The zero-order valence-electron chi connectivity index (χ0n) is 16.7. The van der Waals surface area contributed by atoms with Gasteiger partial charge in [0.2, 0.25) is 0 Å². The van der Waals surface area contributed by atoms with Gasteiger partial charge in [-0.25, -0.2) is 0 Å². The normalized spacial score (nSPS) is 28.1.